The van der Waals surface area contributed by atoms with Gasteiger partial charge in [-0.1, -0.05) is 36.4 Å². The highest BCUT2D eigenvalue weighted by molar-refractivity contribution is 7.10. The SMILES string of the molecule is COc1ccccc1NC(=O)N1Cc2ccccc2-n2cccc2[C@H]1c1cccs1. The minimum Gasteiger partial charge on any atom is -0.495 e. The van der Waals surface area contributed by atoms with Gasteiger partial charge in [0.2, 0.25) is 0 Å². The van der Waals surface area contributed by atoms with E-state index in [1.165, 1.54) is 0 Å². The number of anilines is 1. The molecule has 5 nitrogen and oxygen atoms in total. The van der Waals surface area contributed by atoms with Gasteiger partial charge in [0.25, 0.3) is 0 Å². The van der Waals surface area contributed by atoms with E-state index in [0.29, 0.717) is 18.0 Å². The van der Waals surface area contributed by atoms with Crippen LogP contribution in [-0.4, -0.2) is 22.6 Å². The topological polar surface area (TPSA) is 46.5 Å². The van der Waals surface area contributed by atoms with Gasteiger partial charge in [-0.3, -0.25) is 0 Å². The van der Waals surface area contributed by atoms with Crippen LogP contribution >= 0.6 is 11.3 Å². The molecular weight excluding hydrogens is 394 g/mol. The summed E-state index contributed by atoms with van der Waals surface area (Å²) in [6.45, 7) is 0.501. The molecular formula is C24H21N3O2S. The Kier molecular flexibility index (Phi) is 4.77. The van der Waals surface area contributed by atoms with Gasteiger partial charge < -0.3 is 19.5 Å². The number of carbonyl (C=O) groups is 1. The number of methoxy groups -OCH3 is 1. The number of ether oxygens (including phenoxy) is 1. The molecule has 0 saturated heterocycles. The minimum absolute atomic E-state index is 0.164. The number of urea groups is 1. The molecule has 5 rings (SSSR count). The van der Waals surface area contributed by atoms with Crippen LogP contribution in [0.2, 0.25) is 0 Å². The van der Waals surface area contributed by atoms with Crippen LogP contribution in [0.3, 0.4) is 0 Å². The number of hydrogen-bond acceptors (Lipinski definition) is 3. The molecule has 0 radical (unpaired) electrons. The number of rotatable bonds is 3. The highest BCUT2D eigenvalue weighted by Gasteiger charge is 2.33. The monoisotopic (exact) mass is 415 g/mol. The third-order valence-electron chi connectivity index (χ3n) is 5.39. The maximum Gasteiger partial charge on any atom is 0.323 e. The van der Waals surface area contributed by atoms with Crippen LogP contribution in [0.4, 0.5) is 10.5 Å². The fourth-order valence-corrected chi connectivity index (χ4v) is 4.87. The van der Waals surface area contributed by atoms with E-state index in [1.54, 1.807) is 18.4 Å². The zero-order valence-corrected chi connectivity index (χ0v) is 17.3. The van der Waals surface area contributed by atoms with Crippen LogP contribution < -0.4 is 10.1 Å². The van der Waals surface area contributed by atoms with Gasteiger partial charge in [0.1, 0.15) is 11.8 Å². The van der Waals surface area contributed by atoms with E-state index in [-0.39, 0.29) is 12.1 Å². The number of thiophene rings is 1. The van der Waals surface area contributed by atoms with Crippen molar-refractivity contribution in [2.75, 3.05) is 12.4 Å². The normalized spacial score (nSPS) is 15.1. The number of para-hydroxylation sites is 3. The van der Waals surface area contributed by atoms with Gasteiger partial charge in [-0.15, -0.1) is 11.3 Å². The molecule has 3 heterocycles. The van der Waals surface area contributed by atoms with E-state index in [2.05, 4.69) is 45.7 Å². The Balaban J connectivity index is 1.61. The first-order valence-corrected chi connectivity index (χ1v) is 10.6. The molecule has 1 N–H and O–H groups in total. The predicted octanol–water partition coefficient (Wildman–Crippen LogP) is 5.68. The largest absolute Gasteiger partial charge is 0.495 e. The summed E-state index contributed by atoms with van der Waals surface area (Å²) in [6.07, 6.45) is 2.07. The quantitative estimate of drug-likeness (QED) is 0.468. The average Bonchev–Trinajstić information content (AvgIpc) is 3.45. The summed E-state index contributed by atoms with van der Waals surface area (Å²) in [6, 6.07) is 23.6. The van der Waals surface area contributed by atoms with Gasteiger partial charge in [0.05, 0.1) is 30.7 Å². The Labute approximate surface area is 179 Å². The summed E-state index contributed by atoms with van der Waals surface area (Å²) in [4.78, 5) is 16.6. The molecule has 1 aliphatic heterocycles. The third kappa shape index (κ3) is 3.15. The van der Waals surface area contributed by atoms with Crippen LogP contribution in [-0.2, 0) is 6.54 Å². The van der Waals surface area contributed by atoms with Gasteiger partial charge in [-0.25, -0.2) is 4.79 Å². The number of hydrogen-bond donors (Lipinski definition) is 1. The van der Waals surface area contributed by atoms with E-state index in [1.807, 2.05) is 53.4 Å². The van der Waals surface area contributed by atoms with Crippen LogP contribution in [0.15, 0.2) is 84.4 Å². The van der Waals surface area contributed by atoms with Gasteiger partial charge in [-0.05, 0) is 47.3 Å². The number of nitrogens with zero attached hydrogens (tertiary/aromatic N) is 2. The van der Waals surface area contributed by atoms with E-state index >= 15 is 0 Å². The van der Waals surface area contributed by atoms with Gasteiger partial charge >= 0.3 is 6.03 Å². The molecule has 2 aromatic carbocycles. The standard InChI is InChI=1S/C24H21N3O2S/c1-29-21-12-5-3-9-18(21)25-24(28)27-16-17-8-2-4-10-19(17)26-14-6-11-20(26)23(27)22-13-7-15-30-22/h2-15,23H,16H2,1H3,(H,25,28)/t23-/m0/s1. The fraction of sp³-hybridized carbons (Fsp3) is 0.125. The number of fused-ring (bicyclic) bond motifs is 3. The number of nitrogens with one attached hydrogen (secondary N) is 1. The molecule has 0 saturated carbocycles. The van der Waals surface area contributed by atoms with Crippen molar-refractivity contribution in [1.29, 1.82) is 0 Å². The maximum absolute atomic E-state index is 13.6. The van der Waals surface area contributed by atoms with Gasteiger partial charge in [0.15, 0.2) is 0 Å². The van der Waals surface area contributed by atoms with Crippen molar-refractivity contribution in [1.82, 2.24) is 9.47 Å². The first kappa shape index (κ1) is 18.5. The van der Waals surface area contributed by atoms with Crippen molar-refractivity contribution in [3.8, 4) is 11.4 Å². The molecule has 30 heavy (non-hydrogen) atoms. The Morgan fingerprint density at radius 1 is 1.03 bits per heavy atom. The summed E-state index contributed by atoms with van der Waals surface area (Å²) in [5, 5.41) is 5.11. The summed E-state index contributed by atoms with van der Waals surface area (Å²) in [5.74, 6) is 0.636. The summed E-state index contributed by atoms with van der Waals surface area (Å²) in [5.41, 5.74) is 3.93. The second kappa shape index (κ2) is 7.72. The molecule has 0 aliphatic carbocycles. The van der Waals surface area contributed by atoms with Crippen LogP contribution in [0.5, 0.6) is 5.75 Å². The molecule has 0 unspecified atom stereocenters. The Morgan fingerprint density at radius 3 is 2.70 bits per heavy atom. The molecule has 2 aromatic heterocycles. The minimum atomic E-state index is -0.192. The summed E-state index contributed by atoms with van der Waals surface area (Å²) >= 11 is 1.66. The Hall–Kier alpha value is -3.51. The van der Waals surface area contributed by atoms with Crippen molar-refractivity contribution in [3.63, 3.8) is 0 Å². The lowest BCUT2D eigenvalue weighted by Crippen LogP contribution is -2.37. The summed E-state index contributed by atoms with van der Waals surface area (Å²) < 4.78 is 7.61. The van der Waals surface area contributed by atoms with Crippen molar-refractivity contribution in [3.05, 3.63) is 101 Å². The van der Waals surface area contributed by atoms with Crippen molar-refractivity contribution in [2.45, 2.75) is 12.6 Å². The van der Waals surface area contributed by atoms with Crippen LogP contribution in [0, 0.1) is 0 Å². The second-order valence-corrected chi connectivity index (χ2v) is 8.09. The van der Waals surface area contributed by atoms with E-state index < -0.39 is 0 Å². The summed E-state index contributed by atoms with van der Waals surface area (Å²) in [7, 11) is 1.61. The Bertz CT molecular complexity index is 1180. The number of carbonyl (C=O) groups excluding carboxylic acids is 1. The molecule has 0 spiro atoms. The van der Waals surface area contributed by atoms with Gasteiger partial charge in [0, 0.05) is 11.1 Å². The second-order valence-electron chi connectivity index (χ2n) is 7.11. The zero-order chi connectivity index (χ0) is 20.5. The van der Waals surface area contributed by atoms with Crippen molar-refractivity contribution in [2.24, 2.45) is 0 Å². The highest BCUT2D eigenvalue weighted by Crippen LogP contribution is 2.38. The molecule has 1 atom stereocenters. The molecule has 0 bridgehead atoms. The molecule has 1 aliphatic rings. The van der Waals surface area contributed by atoms with Crippen molar-refractivity contribution >= 4 is 23.1 Å². The lowest BCUT2D eigenvalue weighted by Gasteiger charge is -2.30. The molecule has 2 amide bonds. The van der Waals surface area contributed by atoms with Gasteiger partial charge in [-0.2, -0.15) is 0 Å². The molecule has 4 aromatic rings. The zero-order valence-electron chi connectivity index (χ0n) is 16.5. The third-order valence-corrected chi connectivity index (χ3v) is 6.31. The van der Waals surface area contributed by atoms with E-state index in [9.17, 15) is 4.79 Å². The number of amides is 2. The predicted molar refractivity (Wildman–Crippen MR) is 119 cm³/mol. The maximum atomic E-state index is 13.6. The van der Waals surface area contributed by atoms with Crippen LogP contribution in [0.1, 0.15) is 22.2 Å². The van der Waals surface area contributed by atoms with Crippen molar-refractivity contribution < 1.29 is 9.53 Å². The molecule has 150 valence electrons. The number of benzene rings is 2. The lowest BCUT2D eigenvalue weighted by molar-refractivity contribution is 0.195. The van der Waals surface area contributed by atoms with Crippen LogP contribution in [0.25, 0.3) is 5.69 Å². The first-order valence-electron chi connectivity index (χ1n) is 9.76. The lowest BCUT2D eigenvalue weighted by atomic mass is 10.1. The Morgan fingerprint density at radius 2 is 1.87 bits per heavy atom. The number of aromatic nitrogens is 1. The fourth-order valence-electron chi connectivity index (χ4n) is 4.02. The highest BCUT2D eigenvalue weighted by atomic mass is 32.1. The smallest absolute Gasteiger partial charge is 0.323 e. The molecule has 0 fully saturated rings. The van der Waals surface area contributed by atoms with E-state index in [4.69, 9.17) is 4.74 Å². The molecule has 6 heteroatoms. The first-order chi connectivity index (χ1) is 14.8. The van der Waals surface area contributed by atoms with E-state index in [0.717, 1.165) is 21.8 Å². The average molecular weight is 416 g/mol.